The number of hydrogen-bond acceptors (Lipinski definition) is 4. The molecule has 0 bridgehead atoms. The van der Waals surface area contributed by atoms with Crippen LogP contribution in [0.3, 0.4) is 0 Å². The van der Waals surface area contributed by atoms with Crippen LogP contribution in [0.2, 0.25) is 0 Å². The quantitative estimate of drug-likeness (QED) is 0.735. The number of ether oxygens (including phenoxy) is 1. The minimum absolute atomic E-state index is 0.0112. The van der Waals surface area contributed by atoms with Gasteiger partial charge in [0.1, 0.15) is 0 Å². The first-order valence-corrected chi connectivity index (χ1v) is 8.66. The van der Waals surface area contributed by atoms with Gasteiger partial charge in [0.05, 0.1) is 26.1 Å². The highest BCUT2D eigenvalue weighted by Crippen LogP contribution is 2.17. The molecule has 27 heavy (non-hydrogen) atoms. The van der Waals surface area contributed by atoms with Gasteiger partial charge in [0.15, 0.2) is 0 Å². The first-order valence-electron chi connectivity index (χ1n) is 8.66. The average Bonchev–Trinajstić information content (AvgIpc) is 2.65. The van der Waals surface area contributed by atoms with Gasteiger partial charge in [0, 0.05) is 5.56 Å². The van der Waals surface area contributed by atoms with E-state index in [0.29, 0.717) is 5.56 Å². The molecule has 0 saturated carbocycles. The number of rotatable bonds is 7. The number of carbonyl (C=O) groups is 3. The fourth-order valence-electron chi connectivity index (χ4n) is 2.80. The van der Waals surface area contributed by atoms with Crippen LogP contribution in [0.4, 0.5) is 0 Å². The summed E-state index contributed by atoms with van der Waals surface area (Å²) in [7, 11) is 1.30. The van der Waals surface area contributed by atoms with Crippen molar-refractivity contribution in [1.82, 2.24) is 10.6 Å². The van der Waals surface area contributed by atoms with Crippen LogP contribution in [-0.2, 0) is 14.3 Å². The zero-order valence-electron chi connectivity index (χ0n) is 15.7. The third-order valence-electron chi connectivity index (χ3n) is 4.03. The van der Waals surface area contributed by atoms with Gasteiger partial charge >= 0.3 is 5.97 Å². The van der Waals surface area contributed by atoms with E-state index in [4.69, 9.17) is 4.74 Å². The van der Waals surface area contributed by atoms with Crippen molar-refractivity contribution in [1.29, 1.82) is 0 Å². The molecule has 0 aliphatic rings. The molecule has 0 radical (unpaired) electrons. The molecule has 2 N–H and O–H groups in total. The number of carbonyl (C=O) groups excluding carboxylic acids is 3. The lowest BCUT2D eigenvalue weighted by Gasteiger charge is -2.18. The highest BCUT2D eigenvalue weighted by Gasteiger charge is 2.19. The van der Waals surface area contributed by atoms with Crippen LogP contribution < -0.4 is 10.6 Å². The van der Waals surface area contributed by atoms with E-state index in [1.54, 1.807) is 12.1 Å². The first-order chi connectivity index (χ1) is 12.9. The van der Waals surface area contributed by atoms with E-state index >= 15 is 0 Å². The predicted octanol–water partition coefficient (Wildman–Crippen LogP) is 2.45. The topological polar surface area (TPSA) is 84.5 Å². The standard InChI is InChI=1S/C21H24N2O4/c1-14-9-15(2)11-17(10-14)21(26)22-13-19(24)23-18(12-20(25)27-3)16-7-5-4-6-8-16/h4-11,18H,12-13H2,1-3H3,(H,22,26)(H,23,24)/t18-/m1/s1. The third-order valence-corrected chi connectivity index (χ3v) is 4.03. The van der Waals surface area contributed by atoms with Gasteiger partial charge in [-0.2, -0.15) is 0 Å². The van der Waals surface area contributed by atoms with Crippen molar-refractivity contribution < 1.29 is 19.1 Å². The Balaban J connectivity index is 1.98. The Bertz CT molecular complexity index is 798. The normalized spacial score (nSPS) is 11.4. The van der Waals surface area contributed by atoms with Gasteiger partial charge in [-0.05, 0) is 31.5 Å². The minimum Gasteiger partial charge on any atom is -0.469 e. The van der Waals surface area contributed by atoms with Crippen LogP contribution in [0.1, 0.15) is 39.5 Å². The summed E-state index contributed by atoms with van der Waals surface area (Å²) in [6, 6.07) is 14.1. The fourth-order valence-corrected chi connectivity index (χ4v) is 2.80. The molecule has 0 heterocycles. The number of esters is 1. The molecular weight excluding hydrogens is 344 g/mol. The molecule has 1 atom stereocenters. The van der Waals surface area contributed by atoms with Crippen molar-refractivity contribution in [3.05, 3.63) is 70.8 Å². The summed E-state index contributed by atoms with van der Waals surface area (Å²) >= 11 is 0. The Kier molecular flexibility index (Phi) is 7.11. The largest absolute Gasteiger partial charge is 0.469 e. The summed E-state index contributed by atoms with van der Waals surface area (Å²) in [5.41, 5.74) is 3.25. The molecule has 2 aromatic rings. The Morgan fingerprint density at radius 2 is 1.63 bits per heavy atom. The van der Waals surface area contributed by atoms with E-state index in [-0.39, 0.29) is 24.8 Å². The molecule has 6 nitrogen and oxygen atoms in total. The highest BCUT2D eigenvalue weighted by atomic mass is 16.5. The molecule has 2 aromatic carbocycles. The van der Waals surface area contributed by atoms with Gasteiger partial charge in [-0.15, -0.1) is 0 Å². The number of hydrogen-bond donors (Lipinski definition) is 2. The van der Waals surface area contributed by atoms with Crippen LogP contribution >= 0.6 is 0 Å². The van der Waals surface area contributed by atoms with Crippen LogP contribution in [0.5, 0.6) is 0 Å². The van der Waals surface area contributed by atoms with Crippen LogP contribution in [-0.4, -0.2) is 31.4 Å². The summed E-state index contributed by atoms with van der Waals surface area (Å²) < 4.78 is 4.70. The van der Waals surface area contributed by atoms with Crippen molar-refractivity contribution >= 4 is 17.8 Å². The average molecular weight is 368 g/mol. The minimum atomic E-state index is -0.524. The maximum Gasteiger partial charge on any atom is 0.307 e. The molecule has 142 valence electrons. The molecule has 0 spiro atoms. The zero-order valence-corrected chi connectivity index (χ0v) is 15.7. The van der Waals surface area contributed by atoms with Gasteiger partial charge in [0.25, 0.3) is 5.91 Å². The summed E-state index contributed by atoms with van der Waals surface area (Å²) in [5, 5.41) is 5.38. The number of methoxy groups -OCH3 is 1. The van der Waals surface area contributed by atoms with E-state index in [0.717, 1.165) is 16.7 Å². The molecule has 2 amide bonds. The lowest BCUT2D eigenvalue weighted by molar-refractivity contribution is -0.141. The van der Waals surface area contributed by atoms with E-state index in [2.05, 4.69) is 10.6 Å². The predicted molar refractivity (Wildman–Crippen MR) is 102 cm³/mol. The Morgan fingerprint density at radius 1 is 1.00 bits per heavy atom. The zero-order chi connectivity index (χ0) is 19.8. The van der Waals surface area contributed by atoms with Crippen molar-refractivity contribution in [2.75, 3.05) is 13.7 Å². The van der Waals surface area contributed by atoms with Crippen molar-refractivity contribution in [2.24, 2.45) is 0 Å². The van der Waals surface area contributed by atoms with E-state index < -0.39 is 12.0 Å². The number of benzene rings is 2. The summed E-state index contributed by atoms with van der Waals surface area (Å²) in [6.45, 7) is 3.64. The maximum absolute atomic E-state index is 12.3. The Labute approximate surface area is 158 Å². The molecule has 0 aromatic heterocycles. The molecule has 0 aliphatic heterocycles. The Morgan fingerprint density at radius 3 is 2.22 bits per heavy atom. The summed E-state index contributed by atoms with van der Waals surface area (Å²) in [6.07, 6.45) is 0.0112. The molecule has 2 rings (SSSR count). The number of amides is 2. The van der Waals surface area contributed by atoms with Gasteiger partial charge in [0.2, 0.25) is 5.91 Å². The smallest absolute Gasteiger partial charge is 0.307 e. The number of nitrogens with one attached hydrogen (secondary N) is 2. The lowest BCUT2D eigenvalue weighted by Crippen LogP contribution is -2.39. The summed E-state index contributed by atoms with van der Waals surface area (Å²) in [4.78, 5) is 36.2. The maximum atomic E-state index is 12.3. The molecule has 0 unspecified atom stereocenters. The van der Waals surface area contributed by atoms with Crippen molar-refractivity contribution in [3.63, 3.8) is 0 Å². The second-order valence-electron chi connectivity index (χ2n) is 6.37. The van der Waals surface area contributed by atoms with E-state index in [1.165, 1.54) is 7.11 Å². The van der Waals surface area contributed by atoms with Gasteiger partial charge in [-0.1, -0.05) is 47.5 Å². The highest BCUT2D eigenvalue weighted by molar-refractivity contribution is 5.96. The second-order valence-corrected chi connectivity index (χ2v) is 6.37. The third kappa shape index (κ3) is 6.26. The molecule has 0 fully saturated rings. The number of aryl methyl sites for hydroxylation is 2. The first kappa shape index (κ1) is 20.2. The van der Waals surface area contributed by atoms with Gasteiger partial charge < -0.3 is 15.4 Å². The molecular formula is C21H24N2O4. The monoisotopic (exact) mass is 368 g/mol. The van der Waals surface area contributed by atoms with E-state index in [1.807, 2.05) is 50.2 Å². The SMILES string of the molecule is COC(=O)C[C@@H](NC(=O)CNC(=O)c1cc(C)cc(C)c1)c1ccccc1. The van der Waals surface area contributed by atoms with Gasteiger partial charge in [-0.25, -0.2) is 0 Å². The Hall–Kier alpha value is -3.15. The van der Waals surface area contributed by atoms with Crippen molar-refractivity contribution in [3.8, 4) is 0 Å². The van der Waals surface area contributed by atoms with Crippen molar-refractivity contribution in [2.45, 2.75) is 26.3 Å². The fraction of sp³-hybridized carbons (Fsp3) is 0.286. The molecule has 0 aliphatic carbocycles. The molecule has 6 heteroatoms. The van der Waals surface area contributed by atoms with Crippen LogP contribution in [0, 0.1) is 13.8 Å². The second kappa shape index (κ2) is 9.52. The summed E-state index contributed by atoms with van der Waals surface area (Å²) in [5.74, 6) is -1.13. The lowest BCUT2D eigenvalue weighted by atomic mass is 10.0. The van der Waals surface area contributed by atoms with Crippen LogP contribution in [0.25, 0.3) is 0 Å². The van der Waals surface area contributed by atoms with Gasteiger partial charge in [-0.3, -0.25) is 14.4 Å². The molecule has 0 saturated heterocycles. The van der Waals surface area contributed by atoms with E-state index in [9.17, 15) is 14.4 Å². The van der Waals surface area contributed by atoms with Crippen LogP contribution in [0.15, 0.2) is 48.5 Å².